The van der Waals surface area contributed by atoms with E-state index in [9.17, 15) is 14.4 Å². The van der Waals surface area contributed by atoms with E-state index in [4.69, 9.17) is 0 Å². The molecule has 1 N–H and O–H groups in total. The van der Waals surface area contributed by atoms with Crippen molar-refractivity contribution < 1.29 is 14.4 Å². The average Bonchev–Trinajstić information content (AvgIpc) is 3.44. The Hall–Kier alpha value is -2.65. The molecule has 9 heteroatoms. The maximum atomic E-state index is 12.6. The Bertz CT molecular complexity index is 999. The van der Waals surface area contributed by atoms with Gasteiger partial charge in [-0.2, -0.15) is 4.99 Å². The number of amides is 3. The zero-order valence-corrected chi connectivity index (χ0v) is 19.6. The van der Waals surface area contributed by atoms with Crippen molar-refractivity contribution in [1.82, 2.24) is 9.80 Å². The van der Waals surface area contributed by atoms with Gasteiger partial charge < -0.3 is 15.1 Å². The molecule has 3 amide bonds. The SMILES string of the molecule is CN(Cc1cccs1)C(=O)c1ccc(NC(=O)CC2SC(N3CCCCC3)=NC2=O)cc1. The lowest BCUT2D eigenvalue weighted by atomic mass is 10.1. The number of hydrogen-bond acceptors (Lipinski definition) is 6. The summed E-state index contributed by atoms with van der Waals surface area (Å²) >= 11 is 3.01. The van der Waals surface area contributed by atoms with E-state index in [-0.39, 0.29) is 24.1 Å². The van der Waals surface area contributed by atoms with Gasteiger partial charge in [0.2, 0.25) is 5.91 Å². The van der Waals surface area contributed by atoms with Crippen molar-refractivity contribution in [3.63, 3.8) is 0 Å². The van der Waals surface area contributed by atoms with Gasteiger partial charge in [-0.05, 0) is 55.0 Å². The highest BCUT2D eigenvalue weighted by Crippen LogP contribution is 2.29. The van der Waals surface area contributed by atoms with Crippen molar-refractivity contribution in [2.45, 2.75) is 37.5 Å². The van der Waals surface area contributed by atoms with Crippen molar-refractivity contribution in [2.75, 3.05) is 25.5 Å². The fraction of sp³-hybridized carbons (Fsp3) is 0.391. The van der Waals surface area contributed by atoms with Gasteiger partial charge in [0.15, 0.2) is 5.17 Å². The van der Waals surface area contributed by atoms with E-state index in [2.05, 4.69) is 15.2 Å². The number of nitrogens with one attached hydrogen (secondary N) is 1. The summed E-state index contributed by atoms with van der Waals surface area (Å²) < 4.78 is 0. The molecule has 4 rings (SSSR count). The molecule has 1 saturated heterocycles. The van der Waals surface area contributed by atoms with Crippen LogP contribution in [-0.2, 0) is 16.1 Å². The predicted molar refractivity (Wildman–Crippen MR) is 129 cm³/mol. The Morgan fingerprint density at radius 3 is 2.59 bits per heavy atom. The summed E-state index contributed by atoms with van der Waals surface area (Å²) in [6.07, 6.45) is 3.51. The molecule has 0 bridgehead atoms. The molecule has 1 atom stereocenters. The van der Waals surface area contributed by atoms with Crippen LogP contribution >= 0.6 is 23.1 Å². The van der Waals surface area contributed by atoms with Gasteiger partial charge in [0.1, 0.15) is 5.25 Å². The Morgan fingerprint density at radius 2 is 1.91 bits per heavy atom. The summed E-state index contributed by atoms with van der Waals surface area (Å²) in [6.45, 7) is 2.40. The first-order valence-corrected chi connectivity index (χ1v) is 12.5. The number of likely N-dealkylation sites (tertiary alicyclic amines) is 1. The molecule has 32 heavy (non-hydrogen) atoms. The quantitative estimate of drug-likeness (QED) is 0.694. The molecule has 0 aliphatic carbocycles. The standard InChI is InChI=1S/C23H26N4O3S2/c1-26(15-18-6-5-13-31-18)22(30)16-7-9-17(10-8-16)24-20(28)14-19-21(29)25-23(32-19)27-11-3-2-4-12-27/h5-10,13,19H,2-4,11-12,14-15H2,1H3,(H,24,28). The van der Waals surface area contributed by atoms with E-state index in [1.54, 1.807) is 47.5 Å². The lowest BCUT2D eigenvalue weighted by Gasteiger charge is -2.27. The monoisotopic (exact) mass is 470 g/mol. The van der Waals surface area contributed by atoms with Crippen molar-refractivity contribution in [3.8, 4) is 0 Å². The second-order valence-electron chi connectivity index (χ2n) is 7.96. The first kappa shape index (κ1) is 22.5. The molecular formula is C23H26N4O3S2. The fourth-order valence-electron chi connectivity index (χ4n) is 3.73. The first-order valence-electron chi connectivity index (χ1n) is 10.7. The molecule has 1 unspecified atom stereocenters. The molecule has 2 aliphatic rings. The van der Waals surface area contributed by atoms with Gasteiger partial charge in [-0.15, -0.1) is 11.3 Å². The molecular weight excluding hydrogens is 444 g/mol. The average molecular weight is 471 g/mol. The number of nitrogens with zero attached hydrogens (tertiary/aromatic N) is 3. The van der Waals surface area contributed by atoms with E-state index in [0.29, 0.717) is 17.8 Å². The maximum absolute atomic E-state index is 12.6. The second kappa shape index (κ2) is 10.3. The first-order chi connectivity index (χ1) is 15.5. The number of rotatable bonds is 6. The van der Waals surface area contributed by atoms with Gasteiger partial charge in [-0.25, -0.2) is 0 Å². The minimum atomic E-state index is -0.473. The van der Waals surface area contributed by atoms with Gasteiger partial charge in [-0.3, -0.25) is 14.4 Å². The normalized spacial score (nSPS) is 18.4. The van der Waals surface area contributed by atoms with E-state index in [1.807, 2.05) is 17.5 Å². The van der Waals surface area contributed by atoms with Crippen LogP contribution in [0.3, 0.4) is 0 Å². The third kappa shape index (κ3) is 5.58. The van der Waals surface area contributed by atoms with E-state index < -0.39 is 5.25 Å². The molecule has 2 aliphatic heterocycles. The Morgan fingerprint density at radius 1 is 1.16 bits per heavy atom. The van der Waals surface area contributed by atoms with Gasteiger partial charge in [0, 0.05) is 42.7 Å². The smallest absolute Gasteiger partial charge is 0.262 e. The fourth-order valence-corrected chi connectivity index (χ4v) is 5.61. The number of carbonyl (C=O) groups excluding carboxylic acids is 3. The number of amidine groups is 1. The summed E-state index contributed by atoms with van der Waals surface area (Å²) in [7, 11) is 1.77. The molecule has 0 saturated carbocycles. The van der Waals surface area contributed by atoms with Crippen LogP contribution in [-0.4, -0.2) is 58.1 Å². The number of thiophene rings is 1. The van der Waals surface area contributed by atoms with Crippen LogP contribution in [0.15, 0.2) is 46.8 Å². The van der Waals surface area contributed by atoms with Crippen LogP contribution in [0.1, 0.15) is 40.9 Å². The third-order valence-electron chi connectivity index (χ3n) is 5.46. The Balaban J connectivity index is 1.27. The Labute approximate surface area is 195 Å². The van der Waals surface area contributed by atoms with E-state index in [0.717, 1.165) is 36.0 Å². The van der Waals surface area contributed by atoms with Crippen molar-refractivity contribution in [1.29, 1.82) is 0 Å². The second-order valence-corrected chi connectivity index (χ2v) is 10.2. The topological polar surface area (TPSA) is 82.1 Å². The summed E-state index contributed by atoms with van der Waals surface area (Å²) in [6, 6.07) is 10.8. The third-order valence-corrected chi connectivity index (χ3v) is 7.54. The number of carbonyl (C=O) groups is 3. The molecule has 1 fully saturated rings. The number of hydrogen-bond donors (Lipinski definition) is 1. The highest BCUT2D eigenvalue weighted by molar-refractivity contribution is 8.15. The minimum Gasteiger partial charge on any atom is -0.351 e. The van der Waals surface area contributed by atoms with Gasteiger partial charge in [0.25, 0.3) is 11.8 Å². The number of anilines is 1. The molecule has 0 radical (unpaired) electrons. The number of thioether (sulfide) groups is 1. The van der Waals surface area contributed by atoms with Gasteiger partial charge in [-0.1, -0.05) is 17.8 Å². The molecule has 7 nitrogen and oxygen atoms in total. The van der Waals surface area contributed by atoms with Crippen LogP contribution in [0.2, 0.25) is 0 Å². The summed E-state index contributed by atoms with van der Waals surface area (Å²) in [4.78, 5) is 46.5. The lowest BCUT2D eigenvalue weighted by molar-refractivity contribution is -0.121. The van der Waals surface area contributed by atoms with E-state index >= 15 is 0 Å². The number of piperidine rings is 1. The molecule has 0 spiro atoms. The van der Waals surface area contributed by atoms with Crippen LogP contribution < -0.4 is 5.32 Å². The summed E-state index contributed by atoms with van der Waals surface area (Å²) in [5.74, 6) is -0.549. The Kier molecular flexibility index (Phi) is 7.26. The zero-order chi connectivity index (χ0) is 22.5. The maximum Gasteiger partial charge on any atom is 0.262 e. The van der Waals surface area contributed by atoms with Crippen LogP contribution in [0.25, 0.3) is 0 Å². The summed E-state index contributed by atoms with van der Waals surface area (Å²) in [5.41, 5.74) is 1.16. The highest BCUT2D eigenvalue weighted by Gasteiger charge is 2.33. The molecule has 3 heterocycles. The van der Waals surface area contributed by atoms with Crippen LogP contribution in [0.5, 0.6) is 0 Å². The van der Waals surface area contributed by atoms with Gasteiger partial charge in [0.05, 0.1) is 6.54 Å². The highest BCUT2D eigenvalue weighted by atomic mass is 32.2. The summed E-state index contributed by atoms with van der Waals surface area (Å²) in [5, 5.41) is 5.09. The number of aliphatic imine (C=N–C) groups is 1. The lowest BCUT2D eigenvalue weighted by Crippen LogP contribution is -2.33. The molecule has 2 aromatic rings. The van der Waals surface area contributed by atoms with Crippen LogP contribution in [0.4, 0.5) is 5.69 Å². The van der Waals surface area contributed by atoms with Crippen molar-refractivity contribution in [3.05, 3.63) is 52.2 Å². The van der Waals surface area contributed by atoms with E-state index in [1.165, 1.54) is 18.2 Å². The largest absolute Gasteiger partial charge is 0.351 e. The van der Waals surface area contributed by atoms with Gasteiger partial charge >= 0.3 is 0 Å². The zero-order valence-electron chi connectivity index (χ0n) is 18.0. The molecule has 1 aromatic carbocycles. The van der Waals surface area contributed by atoms with Crippen molar-refractivity contribution >= 4 is 51.7 Å². The minimum absolute atomic E-state index is 0.0772. The number of benzene rings is 1. The van der Waals surface area contributed by atoms with Crippen LogP contribution in [0, 0.1) is 0 Å². The van der Waals surface area contributed by atoms with Crippen molar-refractivity contribution in [2.24, 2.45) is 4.99 Å². The molecule has 1 aromatic heterocycles. The predicted octanol–water partition coefficient (Wildman–Crippen LogP) is 3.83. The molecule has 168 valence electrons.